The van der Waals surface area contributed by atoms with Crippen molar-refractivity contribution in [1.82, 2.24) is 19.1 Å². The first-order valence-electron chi connectivity index (χ1n) is 11.0. The number of nitrogens with zero attached hydrogens (tertiary/aromatic N) is 4. The Labute approximate surface area is 178 Å². The molecule has 2 aromatic rings. The highest BCUT2D eigenvalue weighted by molar-refractivity contribution is 5.69. The first-order valence-corrected chi connectivity index (χ1v) is 11.0. The summed E-state index contributed by atoms with van der Waals surface area (Å²) in [6.45, 7) is 2.70. The summed E-state index contributed by atoms with van der Waals surface area (Å²) in [6, 6.07) is 0. The van der Waals surface area contributed by atoms with Crippen molar-refractivity contribution in [3.63, 3.8) is 0 Å². The summed E-state index contributed by atoms with van der Waals surface area (Å²) in [5, 5.41) is 0. The van der Waals surface area contributed by atoms with E-state index in [1.54, 1.807) is 25.0 Å². The van der Waals surface area contributed by atoms with Crippen LogP contribution in [0.3, 0.4) is 0 Å². The Hall–Kier alpha value is -2.64. The summed E-state index contributed by atoms with van der Waals surface area (Å²) in [5.74, 6) is -0.245. The highest BCUT2D eigenvalue weighted by atomic mass is 16.5. The van der Waals surface area contributed by atoms with Crippen molar-refractivity contribution in [2.45, 2.75) is 77.3 Å². The summed E-state index contributed by atoms with van der Waals surface area (Å²) in [4.78, 5) is 31.3. The molecule has 0 unspecified atom stereocenters. The van der Waals surface area contributed by atoms with Gasteiger partial charge in [0.25, 0.3) is 0 Å². The van der Waals surface area contributed by atoms with Crippen molar-refractivity contribution in [1.29, 1.82) is 0 Å². The highest BCUT2D eigenvalue weighted by Crippen LogP contribution is 2.05. The second-order valence-electron chi connectivity index (χ2n) is 7.37. The van der Waals surface area contributed by atoms with E-state index in [0.29, 0.717) is 26.1 Å². The molecule has 0 spiro atoms. The van der Waals surface area contributed by atoms with E-state index in [9.17, 15) is 9.59 Å². The zero-order valence-corrected chi connectivity index (χ0v) is 17.8. The second-order valence-corrected chi connectivity index (χ2v) is 7.37. The number of hydrogen-bond acceptors (Lipinski definition) is 6. The average Bonchev–Trinajstić information content (AvgIpc) is 3.45. The fourth-order valence-corrected chi connectivity index (χ4v) is 3.04. The van der Waals surface area contributed by atoms with E-state index in [4.69, 9.17) is 9.47 Å². The molecule has 0 atom stereocenters. The molecular weight excluding hydrogens is 384 g/mol. The van der Waals surface area contributed by atoms with E-state index >= 15 is 0 Å². The molecule has 0 amide bonds. The van der Waals surface area contributed by atoms with Gasteiger partial charge in [-0.1, -0.05) is 0 Å². The van der Waals surface area contributed by atoms with Crippen LogP contribution in [0.15, 0.2) is 37.4 Å². The Morgan fingerprint density at radius 3 is 1.50 bits per heavy atom. The van der Waals surface area contributed by atoms with Gasteiger partial charge in [0, 0.05) is 50.7 Å². The maximum absolute atomic E-state index is 11.7. The summed E-state index contributed by atoms with van der Waals surface area (Å²) in [6.07, 6.45) is 19.0. The number of imidazole rings is 2. The predicted molar refractivity (Wildman–Crippen MR) is 113 cm³/mol. The number of esters is 2. The molecule has 0 saturated heterocycles. The van der Waals surface area contributed by atoms with Gasteiger partial charge in [0.15, 0.2) is 0 Å². The number of aryl methyl sites for hydroxylation is 2. The molecule has 2 aromatic heterocycles. The average molecular weight is 419 g/mol. The molecule has 0 N–H and O–H groups in total. The normalized spacial score (nSPS) is 10.8. The van der Waals surface area contributed by atoms with Crippen LogP contribution in [0, 0.1) is 0 Å². The van der Waals surface area contributed by atoms with Gasteiger partial charge in [-0.15, -0.1) is 0 Å². The number of carbonyl (C=O) groups is 2. The van der Waals surface area contributed by atoms with Gasteiger partial charge in [-0.3, -0.25) is 9.59 Å². The van der Waals surface area contributed by atoms with E-state index < -0.39 is 0 Å². The van der Waals surface area contributed by atoms with Crippen LogP contribution < -0.4 is 0 Å². The molecule has 0 saturated carbocycles. The zero-order chi connectivity index (χ0) is 21.3. The van der Waals surface area contributed by atoms with Crippen LogP contribution in [0.1, 0.15) is 64.2 Å². The van der Waals surface area contributed by atoms with Crippen molar-refractivity contribution < 1.29 is 19.1 Å². The minimum atomic E-state index is -0.123. The maximum Gasteiger partial charge on any atom is 0.305 e. The molecule has 0 aliphatic rings. The van der Waals surface area contributed by atoms with Crippen molar-refractivity contribution in [3.05, 3.63) is 37.4 Å². The largest absolute Gasteiger partial charge is 0.466 e. The van der Waals surface area contributed by atoms with Crippen LogP contribution >= 0.6 is 0 Å². The minimum absolute atomic E-state index is 0.123. The molecule has 2 heterocycles. The van der Waals surface area contributed by atoms with Crippen LogP contribution in [0.25, 0.3) is 0 Å². The van der Waals surface area contributed by atoms with Crippen molar-refractivity contribution in [3.8, 4) is 0 Å². The summed E-state index contributed by atoms with van der Waals surface area (Å²) in [5.41, 5.74) is 0. The Kier molecular flexibility index (Phi) is 12.0. The van der Waals surface area contributed by atoms with Gasteiger partial charge >= 0.3 is 11.9 Å². The monoisotopic (exact) mass is 418 g/mol. The lowest BCUT2D eigenvalue weighted by Gasteiger charge is -2.06. The van der Waals surface area contributed by atoms with Gasteiger partial charge in [0.2, 0.25) is 0 Å². The number of ether oxygens (including phenoxy) is 2. The molecular formula is C22H34N4O4. The minimum Gasteiger partial charge on any atom is -0.466 e. The topological polar surface area (TPSA) is 88.2 Å². The molecule has 2 rings (SSSR count). The number of rotatable bonds is 17. The van der Waals surface area contributed by atoms with Gasteiger partial charge < -0.3 is 18.6 Å². The number of hydrogen-bond donors (Lipinski definition) is 0. The molecule has 8 nitrogen and oxygen atoms in total. The van der Waals surface area contributed by atoms with Gasteiger partial charge in [0.1, 0.15) is 0 Å². The van der Waals surface area contributed by atoms with Crippen molar-refractivity contribution in [2.24, 2.45) is 0 Å². The molecule has 0 radical (unpaired) electrons. The highest BCUT2D eigenvalue weighted by Gasteiger charge is 2.04. The molecule has 8 heteroatoms. The molecule has 0 aliphatic heterocycles. The van der Waals surface area contributed by atoms with Gasteiger partial charge in [-0.2, -0.15) is 0 Å². The third-order valence-electron chi connectivity index (χ3n) is 4.78. The standard InChI is InChI=1S/C22H34N4O4/c27-21(9-3-5-13-25-15-11-23-19-25)29-17-7-1-2-8-18-30-22(28)10-4-6-14-26-16-12-24-20-26/h11-12,15-16,19-20H,1-10,13-14,17-18H2. The van der Waals surface area contributed by atoms with Gasteiger partial charge in [-0.25, -0.2) is 9.97 Å². The van der Waals surface area contributed by atoms with Crippen molar-refractivity contribution in [2.75, 3.05) is 13.2 Å². The number of carbonyl (C=O) groups excluding carboxylic acids is 2. The van der Waals surface area contributed by atoms with Crippen LogP contribution in [0.5, 0.6) is 0 Å². The van der Waals surface area contributed by atoms with E-state index in [2.05, 4.69) is 9.97 Å². The van der Waals surface area contributed by atoms with E-state index in [1.165, 1.54) is 0 Å². The molecule has 166 valence electrons. The fourth-order valence-electron chi connectivity index (χ4n) is 3.04. The molecule has 0 aromatic carbocycles. The van der Waals surface area contributed by atoms with Crippen LogP contribution in [0.4, 0.5) is 0 Å². The number of aromatic nitrogens is 4. The van der Waals surface area contributed by atoms with Crippen molar-refractivity contribution >= 4 is 11.9 Å². The van der Waals surface area contributed by atoms with E-state index in [0.717, 1.165) is 64.5 Å². The van der Waals surface area contributed by atoms with Crippen LogP contribution in [-0.2, 0) is 32.2 Å². The summed E-state index contributed by atoms with van der Waals surface area (Å²) < 4.78 is 14.5. The molecule has 0 bridgehead atoms. The first kappa shape index (κ1) is 23.6. The lowest BCUT2D eigenvalue weighted by atomic mass is 10.2. The summed E-state index contributed by atoms with van der Waals surface area (Å²) >= 11 is 0. The lowest BCUT2D eigenvalue weighted by molar-refractivity contribution is -0.145. The Bertz CT molecular complexity index is 626. The Balaban J connectivity index is 1.30. The van der Waals surface area contributed by atoms with Gasteiger partial charge in [0.05, 0.1) is 25.9 Å². The SMILES string of the molecule is O=C(CCCCn1ccnc1)OCCCCCCOC(=O)CCCCn1ccnc1. The van der Waals surface area contributed by atoms with Gasteiger partial charge in [-0.05, 0) is 51.4 Å². The third kappa shape index (κ3) is 11.4. The van der Waals surface area contributed by atoms with Crippen LogP contribution in [-0.4, -0.2) is 44.3 Å². The van der Waals surface area contributed by atoms with Crippen LogP contribution in [0.2, 0.25) is 0 Å². The van der Waals surface area contributed by atoms with E-state index in [1.807, 2.05) is 21.5 Å². The molecule has 0 aliphatic carbocycles. The Morgan fingerprint density at radius 1 is 0.633 bits per heavy atom. The first-order chi connectivity index (χ1) is 14.7. The smallest absolute Gasteiger partial charge is 0.305 e. The molecule has 30 heavy (non-hydrogen) atoms. The Morgan fingerprint density at radius 2 is 1.10 bits per heavy atom. The maximum atomic E-state index is 11.7. The summed E-state index contributed by atoms with van der Waals surface area (Å²) in [7, 11) is 0. The second kappa shape index (κ2) is 15.2. The fraction of sp³-hybridized carbons (Fsp3) is 0.636. The quantitative estimate of drug-likeness (QED) is 0.287. The lowest BCUT2D eigenvalue weighted by Crippen LogP contribution is -2.07. The molecule has 0 fully saturated rings. The predicted octanol–water partition coefficient (Wildman–Crippen LogP) is 3.77. The zero-order valence-electron chi connectivity index (χ0n) is 17.8. The number of unbranched alkanes of at least 4 members (excludes halogenated alkanes) is 5. The van der Waals surface area contributed by atoms with E-state index in [-0.39, 0.29) is 11.9 Å². The third-order valence-corrected chi connectivity index (χ3v) is 4.78.